The Morgan fingerprint density at radius 2 is 1.74 bits per heavy atom. The topological polar surface area (TPSA) is 75.7 Å². The smallest absolute Gasteiger partial charge is 0.293 e. The van der Waals surface area contributed by atoms with Crippen LogP contribution in [0.15, 0.2) is 71.6 Å². The van der Waals surface area contributed by atoms with Crippen molar-refractivity contribution in [2.75, 3.05) is 11.9 Å². The highest BCUT2D eigenvalue weighted by molar-refractivity contribution is 8.18. The normalized spacial score (nSPS) is 14.5. The number of nitrogens with zero attached hydrogens (tertiary/aromatic N) is 1. The van der Waals surface area contributed by atoms with E-state index in [1.807, 2.05) is 69.3 Å². The summed E-state index contributed by atoms with van der Waals surface area (Å²) in [6.45, 7) is 6.02. The molecule has 178 valence electrons. The number of nitrogens with one attached hydrogen (secondary N) is 1. The van der Waals surface area contributed by atoms with Gasteiger partial charge in [-0.05, 0) is 79.1 Å². The van der Waals surface area contributed by atoms with Crippen molar-refractivity contribution in [3.63, 3.8) is 0 Å². The van der Waals surface area contributed by atoms with Gasteiger partial charge in [-0.25, -0.2) is 0 Å². The van der Waals surface area contributed by atoms with Gasteiger partial charge in [0.2, 0.25) is 0 Å². The van der Waals surface area contributed by atoms with Crippen molar-refractivity contribution in [2.24, 2.45) is 0 Å². The highest BCUT2D eigenvalue weighted by atomic mass is 32.2. The van der Waals surface area contributed by atoms with Crippen molar-refractivity contribution in [1.29, 1.82) is 0 Å². The Balaban J connectivity index is 1.39. The molecule has 7 heteroatoms. The first-order chi connectivity index (χ1) is 16.8. The number of rotatable bonds is 7. The molecular weight excluding hydrogens is 460 g/mol. The third-order valence-electron chi connectivity index (χ3n) is 5.74. The van der Waals surface area contributed by atoms with Crippen molar-refractivity contribution in [3.8, 4) is 5.75 Å². The molecule has 0 radical (unpaired) electrons. The third kappa shape index (κ3) is 6.00. The molecule has 1 heterocycles. The van der Waals surface area contributed by atoms with Gasteiger partial charge in [0, 0.05) is 5.69 Å². The lowest BCUT2D eigenvalue weighted by Gasteiger charge is -2.12. The van der Waals surface area contributed by atoms with Gasteiger partial charge < -0.3 is 10.1 Å². The number of imide groups is 1. The number of ether oxygens (including phenoxy) is 1. The molecule has 1 fully saturated rings. The fourth-order valence-electron chi connectivity index (χ4n) is 3.58. The second-order valence-corrected chi connectivity index (χ2v) is 9.40. The molecule has 4 rings (SSSR count). The first-order valence-corrected chi connectivity index (χ1v) is 12.0. The van der Waals surface area contributed by atoms with Crippen LogP contribution in [-0.4, -0.2) is 28.6 Å². The van der Waals surface area contributed by atoms with E-state index in [9.17, 15) is 14.4 Å². The van der Waals surface area contributed by atoms with Gasteiger partial charge in [0.25, 0.3) is 17.1 Å². The van der Waals surface area contributed by atoms with Crippen LogP contribution in [-0.2, 0) is 16.1 Å². The highest BCUT2D eigenvalue weighted by Gasteiger charge is 2.34. The number of hydrogen-bond acceptors (Lipinski definition) is 5. The molecule has 35 heavy (non-hydrogen) atoms. The summed E-state index contributed by atoms with van der Waals surface area (Å²) in [4.78, 5) is 39.3. The van der Waals surface area contributed by atoms with Crippen LogP contribution >= 0.6 is 11.8 Å². The van der Waals surface area contributed by atoms with Gasteiger partial charge in [-0.1, -0.05) is 54.1 Å². The molecule has 0 atom stereocenters. The highest BCUT2D eigenvalue weighted by Crippen LogP contribution is 2.33. The van der Waals surface area contributed by atoms with Gasteiger partial charge in [-0.2, -0.15) is 0 Å². The Bertz CT molecular complexity index is 1310. The number of amides is 3. The number of thioether (sulfide) groups is 1. The molecule has 3 amide bonds. The molecule has 0 aromatic heterocycles. The predicted molar refractivity (Wildman–Crippen MR) is 139 cm³/mol. The van der Waals surface area contributed by atoms with Crippen LogP contribution < -0.4 is 10.1 Å². The third-order valence-corrected chi connectivity index (χ3v) is 6.65. The number of carbonyl (C=O) groups is 3. The van der Waals surface area contributed by atoms with Crippen LogP contribution in [0.25, 0.3) is 6.08 Å². The van der Waals surface area contributed by atoms with Crippen LogP contribution in [0, 0.1) is 20.8 Å². The van der Waals surface area contributed by atoms with E-state index in [0.717, 1.165) is 39.7 Å². The summed E-state index contributed by atoms with van der Waals surface area (Å²) in [7, 11) is 0. The average Bonchev–Trinajstić information content (AvgIpc) is 3.09. The van der Waals surface area contributed by atoms with E-state index >= 15 is 0 Å². The molecular formula is C28H26N2O4S. The molecule has 0 unspecified atom stereocenters. The Morgan fingerprint density at radius 1 is 1.00 bits per heavy atom. The molecule has 3 aromatic carbocycles. The average molecular weight is 487 g/mol. The molecule has 1 saturated heterocycles. The summed E-state index contributed by atoms with van der Waals surface area (Å²) >= 11 is 0.920. The number of anilines is 1. The van der Waals surface area contributed by atoms with Gasteiger partial charge in [0.05, 0.1) is 11.4 Å². The van der Waals surface area contributed by atoms with E-state index in [-0.39, 0.29) is 30.2 Å². The van der Waals surface area contributed by atoms with Crippen LogP contribution in [0.2, 0.25) is 0 Å². The summed E-state index contributed by atoms with van der Waals surface area (Å²) in [6.07, 6.45) is 1.67. The minimum absolute atomic E-state index is 0.149. The molecule has 6 nitrogen and oxygen atoms in total. The Labute approximate surface area is 209 Å². The summed E-state index contributed by atoms with van der Waals surface area (Å²) in [6, 6.07) is 20.6. The number of carbonyl (C=O) groups excluding carboxylic acids is 3. The van der Waals surface area contributed by atoms with Crippen molar-refractivity contribution >= 4 is 40.6 Å². The Kier molecular flexibility index (Phi) is 7.36. The molecule has 1 aliphatic rings. The van der Waals surface area contributed by atoms with E-state index in [2.05, 4.69) is 5.32 Å². The van der Waals surface area contributed by atoms with E-state index in [0.29, 0.717) is 16.2 Å². The SMILES string of the molecule is Cc1ccc(CN2C(=O)S/C(=C\c3cccc(OCC(=O)Nc4cccc(C)c4C)c3)C2=O)cc1. The first-order valence-electron chi connectivity index (χ1n) is 11.2. The maximum absolute atomic E-state index is 12.8. The zero-order chi connectivity index (χ0) is 24.9. The molecule has 0 aliphatic carbocycles. The summed E-state index contributed by atoms with van der Waals surface area (Å²) in [5.74, 6) is -0.0881. The lowest BCUT2D eigenvalue weighted by molar-refractivity contribution is -0.123. The molecule has 0 spiro atoms. The van der Waals surface area contributed by atoms with Crippen LogP contribution in [0.5, 0.6) is 5.75 Å². The molecule has 1 aliphatic heterocycles. The maximum atomic E-state index is 12.8. The molecule has 0 saturated carbocycles. The van der Waals surface area contributed by atoms with Gasteiger partial charge in [0.15, 0.2) is 6.61 Å². The van der Waals surface area contributed by atoms with Gasteiger partial charge in [0.1, 0.15) is 5.75 Å². The molecule has 3 aromatic rings. The van der Waals surface area contributed by atoms with Crippen molar-refractivity contribution in [2.45, 2.75) is 27.3 Å². The van der Waals surface area contributed by atoms with Gasteiger partial charge in [-0.15, -0.1) is 0 Å². The molecule has 0 bridgehead atoms. The number of aryl methyl sites for hydroxylation is 2. The zero-order valence-corrected chi connectivity index (χ0v) is 20.6. The monoisotopic (exact) mass is 486 g/mol. The van der Waals surface area contributed by atoms with Gasteiger partial charge >= 0.3 is 0 Å². The van der Waals surface area contributed by atoms with Crippen molar-refractivity contribution < 1.29 is 19.1 Å². The summed E-state index contributed by atoms with van der Waals surface area (Å²) in [5.41, 5.74) is 5.59. The number of benzene rings is 3. The Morgan fingerprint density at radius 3 is 2.51 bits per heavy atom. The predicted octanol–water partition coefficient (Wildman–Crippen LogP) is 5.87. The van der Waals surface area contributed by atoms with Crippen molar-refractivity contribution in [1.82, 2.24) is 4.90 Å². The van der Waals surface area contributed by atoms with E-state index < -0.39 is 0 Å². The van der Waals surface area contributed by atoms with Crippen LogP contribution in [0.3, 0.4) is 0 Å². The fraction of sp³-hybridized carbons (Fsp3) is 0.179. The van der Waals surface area contributed by atoms with Crippen LogP contribution in [0.4, 0.5) is 10.5 Å². The molecule has 1 N–H and O–H groups in total. The van der Waals surface area contributed by atoms with E-state index in [1.54, 1.807) is 24.3 Å². The second-order valence-electron chi connectivity index (χ2n) is 8.41. The lowest BCUT2D eigenvalue weighted by atomic mass is 10.1. The summed E-state index contributed by atoms with van der Waals surface area (Å²) < 4.78 is 5.66. The second kappa shape index (κ2) is 10.6. The first kappa shape index (κ1) is 24.3. The van der Waals surface area contributed by atoms with Gasteiger partial charge in [-0.3, -0.25) is 19.3 Å². The fourth-order valence-corrected chi connectivity index (χ4v) is 4.42. The minimum Gasteiger partial charge on any atom is -0.484 e. The Hall–Kier alpha value is -3.84. The minimum atomic E-state index is -0.320. The van der Waals surface area contributed by atoms with Crippen LogP contribution in [0.1, 0.15) is 27.8 Å². The lowest BCUT2D eigenvalue weighted by Crippen LogP contribution is -2.27. The number of hydrogen-bond donors (Lipinski definition) is 1. The summed E-state index contributed by atoms with van der Waals surface area (Å²) in [5, 5.41) is 2.57. The quantitative estimate of drug-likeness (QED) is 0.423. The standard InChI is InChI=1S/C28H26N2O4S/c1-18-10-12-21(13-11-18)16-30-27(32)25(35-28(30)33)15-22-7-5-8-23(14-22)34-17-26(31)29-24-9-4-6-19(2)20(24)3/h4-15H,16-17H2,1-3H3,(H,29,31)/b25-15-. The maximum Gasteiger partial charge on any atom is 0.293 e. The van der Waals surface area contributed by atoms with E-state index in [4.69, 9.17) is 4.74 Å². The largest absolute Gasteiger partial charge is 0.484 e. The van der Waals surface area contributed by atoms with Crippen molar-refractivity contribution in [3.05, 3.63) is 99.5 Å². The van der Waals surface area contributed by atoms with E-state index in [1.165, 1.54) is 4.90 Å². The zero-order valence-electron chi connectivity index (χ0n) is 19.8.